The molecule has 0 amide bonds. The van der Waals surface area contributed by atoms with Crippen molar-refractivity contribution in [2.75, 3.05) is 0 Å². The van der Waals surface area contributed by atoms with Crippen LogP contribution in [0.4, 0.5) is 0 Å². The normalized spacial score (nSPS) is 11.0. The Morgan fingerprint density at radius 1 is 0.189 bits per heavy atom. The molecule has 37 heteroatoms. The second-order valence-electron chi connectivity index (χ2n) is 2.86. The summed E-state index contributed by atoms with van der Waals surface area (Å²) in [5, 5.41) is 0. The summed E-state index contributed by atoms with van der Waals surface area (Å²) in [6.07, 6.45) is 0. The SMILES string of the molecule is O=S(=O)([O-])[O-].O=S(=O)([O-])[O-].O=S(=O)([O-])[O-].O=S(=O)([O-])[O-].O=S(=O)([O-])[O-].O=S(=O)([O-])[O-].O=S(=O)([O-])[O-].[Tc+7].[Tc+7]. The summed E-state index contributed by atoms with van der Waals surface area (Å²) < 4.78 is 239. The summed E-state index contributed by atoms with van der Waals surface area (Å²) >= 11 is 0. The standard InChI is InChI=1S/7H2O4S.2Tc/c7*1-5(2,3)4;;/h7*(H2,1,2,3,4);;/q;;;;;;;2*+7/p-14. The van der Waals surface area contributed by atoms with E-state index in [-0.39, 0.29) is 40.2 Å². The molecule has 28 nitrogen and oxygen atoms in total. The van der Waals surface area contributed by atoms with E-state index in [9.17, 15) is 0 Å². The summed E-state index contributed by atoms with van der Waals surface area (Å²) in [5.41, 5.74) is 0. The minimum absolute atomic E-state index is 0. The second kappa shape index (κ2) is 25.4. The molecular formula is O28S7Tc2. The topological polar surface area (TPSA) is 562 Å². The van der Waals surface area contributed by atoms with E-state index in [0.29, 0.717) is 0 Å². The molecule has 0 aromatic heterocycles. The first kappa shape index (κ1) is 61.4. The van der Waals surface area contributed by atoms with Gasteiger partial charge in [0.05, 0.1) is 0 Å². The summed E-state index contributed by atoms with van der Waals surface area (Å²) in [5.74, 6) is 0. The van der Waals surface area contributed by atoms with Crippen LogP contribution in [-0.4, -0.2) is 123 Å². The Balaban J connectivity index is -0.0000000350. The van der Waals surface area contributed by atoms with Gasteiger partial charge in [-0.05, 0) is 0 Å². The fourth-order valence-electron chi connectivity index (χ4n) is 0. The van der Waals surface area contributed by atoms with Crippen molar-refractivity contribution < 1.29 is 163 Å². The summed E-state index contributed by atoms with van der Waals surface area (Å²) in [6, 6.07) is 0. The molecule has 0 rings (SSSR count). The molecule has 37 heavy (non-hydrogen) atoms. The van der Waals surface area contributed by atoms with Crippen LogP contribution in [0.2, 0.25) is 0 Å². The van der Waals surface area contributed by atoms with Crippen molar-refractivity contribution in [2.24, 2.45) is 0 Å². The second-order valence-corrected chi connectivity index (χ2v) is 8.57. The first-order valence-electron chi connectivity index (χ1n) is 4.67. The largest absolute Gasteiger partial charge is 7.00 e. The fourth-order valence-corrected chi connectivity index (χ4v) is 0. The van der Waals surface area contributed by atoms with Gasteiger partial charge in [-0.15, -0.1) is 0 Å². The van der Waals surface area contributed by atoms with Crippen LogP contribution in [0.25, 0.3) is 0 Å². The van der Waals surface area contributed by atoms with Crippen LogP contribution < -0.4 is 0 Å². The molecule has 0 bridgehead atoms. The van der Waals surface area contributed by atoms with E-state index in [1.807, 2.05) is 0 Å². The molecule has 0 saturated carbocycles. The quantitative estimate of drug-likeness (QED) is 0.161. The molecule has 0 aliphatic carbocycles. The van der Waals surface area contributed by atoms with Gasteiger partial charge in [0.1, 0.15) is 0 Å². The van der Waals surface area contributed by atoms with Crippen molar-refractivity contribution in [2.45, 2.75) is 0 Å². The molecule has 0 aromatic rings. The Morgan fingerprint density at radius 3 is 0.189 bits per heavy atom. The molecule has 0 spiro atoms. The van der Waals surface area contributed by atoms with E-state index in [4.69, 9.17) is 123 Å². The minimum atomic E-state index is -5.17. The third-order valence-corrected chi connectivity index (χ3v) is 0. The van der Waals surface area contributed by atoms with Crippen molar-refractivity contribution in [3.8, 4) is 0 Å². The first-order valence-corrected chi connectivity index (χ1v) is 14.0. The fraction of sp³-hybridized carbons (Fsp3) is 0. The zero-order valence-electron chi connectivity index (χ0n) is 15.0. The zero-order valence-corrected chi connectivity index (χ0v) is 24.5. The third-order valence-electron chi connectivity index (χ3n) is 0. The van der Waals surface area contributed by atoms with Crippen LogP contribution in [0.3, 0.4) is 0 Å². The number of rotatable bonds is 0. The van der Waals surface area contributed by atoms with Crippen molar-refractivity contribution >= 4 is 72.8 Å². The summed E-state index contributed by atoms with van der Waals surface area (Å²) in [6.45, 7) is 0. The molecule has 0 N–H and O–H groups in total. The Labute approximate surface area is 234 Å². The van der Waals surface area contributed by atoms with Gasteiger partial charge in [-0.2, -0.15) is 0 Å². The Hall–Kier alpha value is 0.389. The Kier molecular flexibility index (Phi) is 42.1. The van der Waals surface area contributed by atoms with E-state index in [1.165, 1.54) is 0 Å². The maximum atomic E-state index is 8.52. The zero-order chi connectivity index (χ0) is 31.5. The van der Waals surface area contributed by atoms with E-state index < -0.39 is 72.8 Å². The predicted molar refractivity (Wildman–Crippen MR) is 73.3 cm³/mol. The molecule has 224 valence electrons. The maximum Gasteiger partial charge on any atom is 7.00 e. The van der Waals surface area contributed by atoms with Gasteiger partial charge in [0.2, 0.25) is 0 Å². The van der Waals surface area contributed by atoms with E-state index in [1.54, 1.807) is 0 Å². The van der Waals surface area contributed by atoms with Gasteiger partial charge in [-0.25, -0.2) is 0 Å². The van der Waals surface area contributed by atoms with Crippen LogP contribution >= 0.6 is 0 Å². The Morgan fingerprint density at radius 2 is 0.189 bits per heavy atom. The monoisotopic (exact) mass is 865 g/mol. The molecule has 0 saturated heterocycles. The molecular weight excluding hydrogens is 868 g/mol. The average Bonchev–Trinajstić information content (AvgIpc) is 2.06. The van der Waals surface area contributed by atoms with Gasteiger partial charge >= 0.3 is 40.2 Å². The molecule has 0 heterocycles. The third kappa shape index (κ3) is 285000. The maximum absolute atomic E-state index is 8.52. The summed E-state index contributed by atoms with van der Waals surface area (Å²) in [4.78, 5) is 0. The van der Waals surface area contributed by atoms with Gasteiger partial charge in [-0.1, -0.05) is 0 Å². The first-order chi connectivity index (χ1) is 14.0. The molecule has 0 fully saturated rings. The van der Waals surface area contributed by atoms with Gasteiger partial charge in [-0.3, -0.25) is 58.9 Å². The van der Waals surface area contributed by atoms with Crippen LogP contribution in [0, 0.1) is 0 Å². The van der Waals surface area contributed by atoms with Gasteiger partial charge < -0.3 is 63.7 Å². The van der Waals surface area contributed by atoms with E-state index in [0.717, 1.165) is 0 Å². The van der Waals surface area contributed by atoms with Crippen molar-refractivity contribution in [1.29, 1.82) is 0 Å². The number of hydrogen-bond donors (Lipinski definition) is 0. The van der Waals surface area contributed by atoms with Crippen LogP contribution in [0.1, 0.15) is 0 Å². The van der Waals surface area contributed by atoms with E-state index in [2.05, 4.69) is 0 Å². The van der Waals surface area contributed by atoms with Crippen molar-refractivity contribution in [1.82, 2.24) is 0 Å². The molecule has 0 aliphatic rings. The van der Waals surface area contributed by atoms with Crippen LogP contribution in [0.15, 0.2) is 0 Å². The molecule has 0 radical (unpaired) electrons. The molecule has 0 atom stereocenters. The predicted octanol–water partition coefficient (Wildman–Crippen LogP) is -9.37. The Bertz CT molecular complexity index is 914. The van der Waals surface area contributed by atoms with Crippen LogP contribution in [0.5, 0.6) is 0 Å². The number of hydrogen-bond acceptors (Lipinski definition) is 28. The minimum Gasteiger partial charge on any atom is -0.759 e. The van der Waals surface area contributed by atoms with Crippen molar-refractivity contribution in [3.05, 3.63) is 0 Å². The average molecular weight is 868 g/mol. The molecule has 0 aliphatic heterocycles. The van der Waals surface area contributed by atoms with Gasteiger partial charge in [0.25, 0.3) is 0 Å². The van der Waals surface area contributed by atoms with Gasteiger partial charge in [0.15, 0.2) is 0 Å². The van der Waals surface area contributed by atoms with E-state index >= 15 is 0 Å². The van der Waals surface area contributed by atoms with Gasteiger partial charge in [0, 0.05) is 72.8 Å². The smallest absolute Gasteiger partial charge is 0.759 e. The molecule has 0 unspecified atom stereocenters. The van der Waals surface area contributed by atoms with Crippen molar-refractivity contribution in [3.63, 3.8) is 0 Å². The molecule has 0 aromatic carbocycles. The van der Waals surface area contributed by atoms with Crippen LogP contribution in [-0.2, 0) is 113 Å². The summed E-state index contributed by atoms with van der Waals surface area (Å²) in [7, 11) is -36.2.